The van der Waals surface area contributed by atoms with Crippen LogP contribution < -0.4 is 15.8 Å². The van der Waals surface area contributed by atoms with Gasteiger partial charge in [0.1, 0.15) is 4.90 Å². The minimum Gasteiger partial charge on any atom is -0.398 e. The third-order valence-corrected chi connectivity index (χ3v) is 4.68. The van der Waals surface area contributed by atoms with Crippen molar-refractivity contribution in [3.63, 3.8) is 0 Å². The molecular weight excluding hydrogens is 278 g/mol. The lowest BCUT2D eigenvalue weighted by Crippen LogP contribution is -2.20. The van der Waals surface area contributed by atoms with E-state index in [1.54, 1.807) is 12.1 Å². The van der Waals surface area contributed by atoms with E-state index < -0.39 is 10.0 Å². The third kappa shape index (κ3) is 4.09. The number of nitrogen functional groups attached to an aromatic ring is 1. The van der Waals surface area contributed by atoms with E-state index in [0.29, 0.717) is 13.2 Å². The molecule has 1 aliphatic carbocycles. The van der Waals surface area contributed by atoms with Crippen LogP contribution in [0.25, 0.3) is 0 Å². The molecular formula is C13H21N3O3S. The van der Waals surface area contributed by atoms with E-state index in [-0.39, 0.29) is 10.6 Å². The monoisotopic (exact) mass is 299 g/mol. The molecule has 0 aliphatic heterocycles. The summed E-state index contributed by atoms with van der Waals surface area (Å²) in [6.45, 7) is 2.14. The van der Waals surface area contributed by atoms with Crippen LogP contribution in [0.3, 0.4) is 0 Å². The van der Waals surface area contributed by atoms with Gasteiger partial charge in [-0.05, 0) is 44.0 Å². The fraction of sp³-hybridized carbons (Fsp3) is 0.538. The zero-order valence-corrected chi connectivity index (χ0v) is 12.4. The van der Waals surface area contributed by atoms with Gasteiger partial charge in [-0.3, -0.25) is 0 Å². The van der Waals surface area contributed by atoms with Gasteiger partial charge in [0.2, 0.25) is 10.0 Å². The van der Waals surface area contributed by atoms with Crippen LogP contribution in [-0.4, -0.2) is 35.2 Å². The molecule has 0 bridgehead atoms. The molecule has 0 atom stereocenters. The van der Waals surface area contributed by atoms with Crippen molar-refractivity contribution in [1.82, 2.24) is 4.72 Å². The summed E-state index contributed by atoms with van der Waals surface area (Å²) in [4.78, 5) is 0.0931. The molecule has 0 radical (unpaired) electrons. The number of anilines is 2. The second-order valence-corrected chi connectivity index (χ2v) is 6.76. The maximum absolute atomic E-state index is 11.7. The summed E-state index contributed by atoms with van der Waals surface area (Å²) in [5, 5.41) is 3.16. The molecule has 4 N–H and O–H groups in total. The van der Waals surface area contributed by atoms with Gasteiger partial charge < -0.3 is 15.8 Å². The van der Waals surface area contributed by atoms with E-state index in [1.807, 2.05) is 0 Å². The van der Waals surface area contributed by atoms with Gasteiger partial charge in [-0.15, -0.1) is 0 Å². The van der Waals surface area contributed by atoms with Crippen molar-refractivity contribution in [3.05, 3.63) is 18.2 Å². The molecule has 0 amide bonds. The SMILES string of the molecule is CNS(=O)(=O)c1ccc(NCCOCC2CC2)cc1N. The fourth-order valence-electron chi connectivity index (χ4n) is 1.82. The summed E-state index contributed by atoms with van der Waals surface area (Å²) in [6.07, 6.45) is 2.57. The molecule has 6 nitrogen and oxygen atoms in total. The zero-order chi connectivity index (χ0) is 14.6. The molecule has 1 saturated carbocycles. The Labute approximate surface area is 119 Å². The van der Waals surface area contributed by atoms with Crippen LogP contribution in [0.15, 0.2) is 23.1 Å². The molecule has 20 heavy (non-hydrogen) atoms. The smallest absolute Gasteiger partial charge is 0.242 e. The summed E-state index contributed by atoms with van der Waals surface area (Å²) in [7, 11) is -2.15. The van der Waals surface area contributed by atoms with Crippen LogP contribution in [-0.2, 0) is 14.8 Å². The van der Waals surface area contributed by atoms with Gasteiger partial charge in [0, 0.05) is 18.8 Å². The first kappa shape index (κ1) is 15.1. The van der Waals surface area contributed by atoms with Gasteiger partial charge in [0.05, 0.1) is 12.3 Å². The largest absolute Gasteiger partial charge is 0.398 e. The molecule has 112 valence electrons. The van der Waals surface area contributed by atoms with Crippen molar-refractivity contribution in [1.29, 1.82) is 0 Å². The Morgan fingerprint density at radius 2 is 2.15 bits per heavy atom. The highest BCUT2D eigenvalue weighted by molar-refractivity contribution is 7.89. The second kappa shape index (κ2) is 6.43. The summed E-state index contributed by atoms with van der Waals surface area (Å²) < 4.78 is 31.1. The van der Waals surface area contributed by atoms with Gasteiger partial charge in [0.25, 0.3) is 0 Å². The maximum atomic E-state index is 11.7. The number of rotatable bonds is 8. The Bertz CT molecular complexity index is 556. The number of nitrogens with two attached hydrogens (primary N) is 1. The van der Waals surface area contributed by atoms with Crippen molar-refractivity contribution >= 4 is 21.4 Å². The Morgan fingerprint density at radius 1 is 1.40 bits per heavy atom. The molecule has 0 heterocycles. The number of hydrogen-bond acceptors (Lipinski definition) is 5. The molecule has 0 unspecified atom stereocenters. The average Bonchev–Trinajstić information content (AvgIpc) is 3.22. The summed E-state index contributed by atoms with van der Waals surface area (Å²) in [6, 6.07) is 4.81. The predicted molar refractivity (Wildman–Crippen MR) is 79.1 cm³/mol. The van der Waals surface area contributed by atoms with Gasteiger partial charge in [-0.1, -0.05) is 0 Å². The molecule has 1 fully saturated rings. The topological polar surface area (TPSA) is 93.5 Å². The predicted octanol–water partition coefficient (Wildman–Crippen LogP) is 1.02. The highest BCUT2D eigenvalue weighted by atomic mass is 32.2. The first-order valence-corrected chi connectivity index (χ1v) is 8.16. The van der Waals surface area contributed by atoms with Crippen LogP contribution in [0.4, 0.5) is 11.4 Å². The van der Waals surface area contributed by atoms with Crippen molar-refractivity contribution in [2.75, 3.05) is 37.9 Å². The lowest BCUT2D eigenvalue weighted by Gasteiger charge is -2.10. The van der Waals surface area contributed by atoms with Gasteiger partial charge in [-0.25, -0.2) is 13.1 Å². The van der Waals surface area contributed by atoms with Crippen LogP contribution in [0, 0.1) is 5.92 Å². The van der Waals surface area contributed by atoms with E-state index in [9.17, 15) is 8.42 Å². The van der Waals surface area contributed by atoms with Crippen molar-refractivity contribution < 1.29 is 13.2 Å². The maximum Gasteiger partial charge on any atom is 0.242 e. The minimum absolute atomic E-state index is 0.0931. The number of hydrogen-bond donors (Lipinski definition) is 3. The van der Waals surface area contributed by atoms with Crippen molar-refractivity contribution in [3.8, 4) is 0 Å². The second-order valence-electron chi connectivity index (χ2n) is 4.91. The van der Waals surface area contributed by atoms with Crippen LogP contribution >= 0.6 is 0 Å². The highest BCUT2D eigenvalue weighted by Gasteiger charge is 2.20. The van der Waals surface area contributed by atoms with Crippen LogP contribution in [0.5, 0.6) is 0 Å². The molecule has 0 spiro atoms. The summed E-state index contributed by atoms with van der Waals surface area (Å²) in [5.74, 6) is 0.761. The number of benzene rings is 1. The lowest BCUT2D eigenvalue weighted by atomic mass is 10.3. The van der Waals surface area contributed by atoms with Crippen LogP contribution in [0.1, 0.15) is 12.8 Å². The third-order valence-electron chi connectivity index (χ3n) is 3.19. The van der Waals surface area contributed by atoms with E-state index in [4.69, 9.17) is 10.5 Å². The Morgan fingerprint density at radius 3 is 2.75 bits per heavy atom. The van der Waals surface area contributed by atoms with Crippen LogP contribution in [0.2, 0.25) is 0 Å². The number of sulfonamides is 1. The normalized spacial score (nSPS) is 15.2. The molecule has 7 heteroatoms. The zero-order valence-electron chi connectivity index (χ0n) is 11.6. The van der Waals surface area contributed by atoms with E-state index in [1.165, 1.54) is 26.0 Å². The molecule has 0 aromatic heterocycles. The Kier molecular flexibility index (Phi) is 4.85. The fourth-order valence-corrected chi connectivity index (χ4v) is 2.65. The van der Waals surface area contributed by atoms with Crippen molar-refractivity contribution in [2.45, 2.75) is 17.7 Å². The number of nitrogens with one attached hydrogen (secondary N) is 2. The lowest BCUT2D eigenvalue weighted by molar-refractivity contribution is 0.134. The molecule has 1 aliphatic rings. The number of ether oxygens (including phenoxy) is 1. The molecule has 1 aromatic carbocycles. The van der Waals surface area contributed by atoms with Gasteiger partial charge >= 0.3 is 0 Å². The first-order valence-electron chi connectivity index (χ1n) is 6.67. The molecule has 2 rings (SSSR count). The summed E-state index contributed by atoms with van der Waals surface area (Å²) >= 11 is 0. The Balaban J connectivity index is 1.85. The minimum atomic E-state index is -3.50. The summed E-state index contributed by atoms with van der Waals surface area (Å²) in [5.41, 5.74) is 6.78. The standard InChI is InChI=1S/C13H21N3O3S/c1-15-20(17,18)13-5-4-11(8-12(13)14)16-6-7-19-9-10-2-3-10/h4-5,8,10,15-16H,2-3,6-7,9,14H2,1H3. The van der Waals surface area contributed by atoms with Gasteiger partial charge in [0.15, 0.2) is 0 Å². The first-order chi connectivity index (χ1) is 9.53. The average molecular weight is 299 g/mol. The molecule has 0 saturated heterocycles. The van der Waals surface area contributed by atoms with E-state index >= 15 is 0 Å². The van der Waals surface area contributed by atoms with E-state index in [2.05, 4.69) is 10.0 Å². The Hall–Kier alpha value is -1.31. The van der Waals surface area contributed by atoms with Crippen molar-refractivity contribution in [2.24, 2.45) is 5.92 Å². The van der Waals surface area contributed by atoms with E-state index in [0.717, 1.165) is 18.2 Å². The van der Waals surface area contributed by atoms with Gasteiger partial charge in [-0.2, -0.15) is 0 Å². The quantitative estimate of drug-likeness (QED) is 0.492. The highest BCUT2D eigenvalue weighted by Crippen LogP contribution is 2.28. The molecule has 1 aromatic rings.